The molecule has 1 saturated heterocycles. The van der Waals surface area contributed by atoms with E-state index in [1.165, 1.54) is 0 Å². The van der Waals surface area contributed by atoms with E-state index in [2.05, 4.69) is 22.5 Å². The first kappa shape index (κ1) is 27.3. The number of nitrogens with zero attached hydrogens (tertiary/aromatic N) is 1. The summed E-state index contributed by atoms with van der Waals surface area (Å²) < 4.78 is 16.3. The van der Waals surface area contributed by atoms with E-state index in [0.29, 0.717) is 31.2 Å². The average molecular weight is 500 g/mol. The number of carbonyl (C=O) groups is 2. The number of amides is 2. The molecule has 3 rings (SSSR count). The molecule has 0 bridgehead atoms. The topological polar surface area (TPSA) is 109 Å². The molecular weight excluding hydrogens is 462 g/mol. The van der Waals surface area contributed by atoms with Crippen molar-refractivity contribution in [2.24, 2.45) is 0 Å². The largest absolute Gasteiger partial charge is 0.494 e. The van der Waals surface area contributed by atoms with Crippen LogP contribution in [0.2, 0.25) is 0 Å². The Hall–Kier alpha value is -3.30. The van der Waals surface area contributed by atoms with E-state index in [1.807, 2.05) is 25.1 Å². The van der Waals surface area contributed by atoms with Gasteiger partial charge in [0.25, 0.3) is 0 Å². The molecule has 1 aliphatic rings. The maximum absolute atomic E-state index is 13.0. The van der Waals surface area contributed by atoms with Crippen LogP contribution in [0.1, 0.15) is 44.6 Å². The van der Waals surface area contributed by atoms with Gasteiger partial charge in [-0.1, -0.05) is 6.07 Å². The number of carboxylic acid groups (broad SMARTS) is 1. The van der Waals surface area contributed by atoms with E-state index in [9.17, 15) is 14.7 Å². The quantitative estimate of drug-likeness (QED) is 0.379. The molecule has 0 aliphatic carbocycles. The van der Waals surface area contributed by atoms with Crippen molar-refractivity contribution >= 4 is 29.1 Å². The lowest BCUT2D eigenvalue weighted by atomic mass is 9.95. The van der Waals surface area contributed by atoms with Gasteiger partial charge in [0.05, 0.1) is 31.0 Å². The average Bonchev–Trinajstić information content (AvgIpc) is 2.87. The molecule has 0 unspecified atom stereocenters. The number of nitrogens with one attached hydrogen (secondary N) is 2. The Morgan fingerprint density at radius 1 is 1.11 bits per heavy atom. The van der Waals surface area contributed by atoms with Gasteiger partial charge < -0.3 is 34.9 Å². The summed E-state index contributed by atoms with van der Waals surface area (Å²) in [7, 11) is 1.55. The summed E-state index contributed by atoms with van der Waals surface area (Å²) in [4.78, 5) is 26.7. The minimum atomic E-state index is -0.902. The number of urea groups is 1. The van der Waals surface area contributed by atoms with E-state index in [0.717, 1.165) is 36.4 Å². The van der Waals surface area contributed by atoms with Crippen LogP contribution in [-0.2, 0) is 14.3 Å². The molecule has 1 heterocycles. The molecule has 0 spiro atoms. The minimum absolute atomic E-state index is 0.0670. The first-order valence-electron chi connectivity index (χ1n) is 12.4. The summed E-state index contributed by atoms with van der Waals surface area (Å²) in [5.41, 5.74) is 2.94. The van der Waals surface area contributed by atoms with Gasteiger partial charge in [-0.2, -0.15) is 0 Å². The van der Waals surface area contributed by atoms with Crippen LogP contribution in [0.25, 0.3) is 0 Å². The van der Waals surface area contributed by atoms with Crippen molar-refractivity contribution in [2.45, 2.75) is 45.1 Å². The molecule has 0 radical (unpaired) electrons. The van der Waals surface area contributed by atoms with Gasteiger partial charge in [0, 0.05) is 44.5 Å². The lowest BCUT2D eigenvalue weighted by Crippen LogP contribution is -2.40. The van der Waals surface area contributed by atoms with Crippen LogP contribution in [0.5, 0.6) is 5.75 Å². The van der Waals surface area contributed by atoms with Crippen LogP contribution in [0.15, 0.2) is 42.5 Å². The van der Waals surface area contributed by atoms with Gasteiger partial charge in [0.1, 0.15) is 5.75 Å². The maximum Gasteiger partial charge on any atom is 0.323 e. The molecule has 9 heteroatoms. The predicted octanol–water partition coefficient (Wildman–Crippen LogP) is 4.94. The lowest BCUT2D eigenvalue weighted by Gasteiger charge is -2.36. The Bertz CT molecular complexity index is 992. The van der Waals surface area contributed by atoms with Crippen LogP contribution in [0.3, 0.4) is 0 Å². The monoisotopic (exact) mass is 499 g/mol. The highest BCUT2D eigenvalue weighted by atomic mass is 16.5. The summed E-state index contributed by atoms with van der Waals surface area (Å²) in [6, 6.07) is 12.8. The molecule has 0 saturated carbocycles. The van der Waals surface area contributed by atoms with Gasteiger partial charge in [-0.15, -0.1) is 0 Å². The third-order valence-electron chi connectivity index (χ3n) is 6.23. The predicted molar refractivity (Wildman–Crippen MR) is 140 cm³/mol. The van der Waals surface area contributed by atoms with Crippen molar-refractivity contribution in [3.05, 3.63) is 48.0 Å². The fourth-order valence-electron chi connectivity index (χ4n) is 4.55. The molecule has 2 aromatic carbocycles. The SMILES string of the molecule is CCOc1ccc(NC(=O)Nc2cc([C@@H](COC)CC(=O)O)ccc2N(CC)C2CCOCC2)cc1. The van der Waals surface area contributed by atoms with Gasteiger partial charge in [0.15, 0.2) is 0 Å². The number of rotatable bonds is 12. The van der Waals surface area contributed by atoms with E-state index < -0.39 is 5.97 Å². The zero-order valence-electron chi connectivity index (χ0n) is 21.3. The third-order valence-corrected chi connectivity index (χ3v) is 6.23. The van der Waals surface area contributed by atoms with Crippen LogP contribution >= 0.6 is 0 Å². The Kier molecular flexibility index (Phi) is 10.4. The van der Waals surface area contributed by atoms with Gasteiger partial charge in [-0.3, -0.25) is 4.79 Å². The van der Waals surface area contributed by atoms with Gasteiger partial charge in [0.2, 0.25) is 0 Å². The second kappa shape index (κ2) is 13.7. The van der Waals surface area contributed by atoms with Gasteiger partial charge in [-0.05, 0) is 68.7 Å². The number of carbonyl (C=O) groups excluding carboxylic acids is 1. The standard InChI is InChI=1S/C27H37N3O6/c1-4-30(22-12-14-35-15-13-22)25-11-6-19(20(18-34-3)17-26(31)32)16-24(25)29-27(33)28-21-7-9-23(10-8-21)36-5-2/h6-11,16,20,22H,4-5,12-15,17-18H2,1-3H3,(H,31,32)(H2,28,29,33)/t20-/m1/s1. The molecule has 2 aromatic rings. The maximum atomic E-state index is 13.0. The zero-order valence-corrected chi connectivity index (χ0v) is 21.3. The molecule has 1 fully saturated rings. The first-order valence-corrected chi connectivity index (χ1v) is 12.4. The number of hydrogen-bond donors (Lipinski definition) is 3. The van der Waals surface area contributed by atoms with Crippen molar-refractivity contribution in [1.82, 2.24) is 0 Å². The first-order chi connectivity index (χ1) is 17.4. The molecule has 2 amide bonds. The molecule has 1 atom stereocenters. The Morgan fingerprint density at radius 3 is 2.44 bits per heavy atom. The molecular formula is C27H37N3O6. The number of ether oxygens (including phenoxy) is 3. The van der Waals surface area contributed by atoms with Crippen LogP contribution in [0.4, 0.5) is 21.9 Å². The van der Waals surface area contributed by atoms with Crippen LogP contribution in [0, 0.1) is 0 Å². The lowest BCUT2D eigenvalue weighted by molar-refractivity contribution is -0.137. The highest BCUT2D eigenvalue weighted by Crippen LogP contribution is 2.34. The third kappa shape index (κ3) is 7.60. The second-order valence-electron chi connectivity index (χ2n) is 8.69. The molecule has 1 aliphatic heterocycles. The van der Waals surface area contributed by atoms with Crippen molar-refractivity contribution in [1.29, 1.82) is 0 Å². The van der Waals surface area contributed by atoms with Gasteiger partial charge in [-0.25, -0.2) is 4.79 Å². The van der Waals surface area contributed by atoms with Crippen molar-refractivity contribution in [3.63, 3.8) is 0 Å². The second-order valence-corrected chi connectivity index (χ2v) is 8.69. The molecule has 196 valence electrons. The Balaban J connectivity index is 1.88. The Labute approximate surface area is 212 Å². The van der Waals surface area contributed by atoms with E-state index in [-0.39, 0.29) is 31.0 Å². The zero-order chi connectivity index (χ0) is 25.9. The highest BCUT2D eigenvalue weighted by Gasteiger charge is 2.25. The fourth-order valence-corrected chi connectivity index (χ4v) is 4.55. The summed E-state index contributed by atoms with van der Waals surface area (Å²) in [6.45, 7) is 7.00. The molecule has 36 heavy (non-hydrogen) atoms. The highest BCUT2D eigenvalue weighted by molar-refractivity contribution is 6.02. The summed E-state index contributed by atoms with van der Waals surface area (Å²) in [6.07, 6.45) is 1.74. The van der Waals surface area contributed by atoms with Crippen molar-refractivity contribution < 1.29 is 28.9 Å². The van der Waals surface area contributed by atoms with E-state index >= 15 is 0 Å². The van der Waals surface area contributed by atoms with Crippen molar-refractivity contribution in [2.75, 3.05) is 55.6 Å². The summed E-state index contributed by atoms with van der Waals surface area (Å²) >= 11 is 0. The van der Waals surface area contributed by atoms with E-state index in [4.69, 9.17) is 14.2 Å². The molecule has 3 N–H and O–H groups in total. The number of hydrogen-bond acceptors (Lipinski definition) is 6. The summed E-state index contributed by atoms with van der Waals surface area (Å²) in [5, 5.41) is 15.3. The normalized spacial score (nSPS) is 14.6. The van der Waals surface area contributed by atoms with Crippen LogP contribution in [-0.4, -0.2) is 63.2 Å². The number of anilines is 3. The smallest absolute Gasteiger partial charge is 0.323 e. The van der Waals surface area contributed by atoms with E-state index in [1.54, 1.807) is 31.4 Å². The van der Waals surface area contributed by atoms with Gasteiger partial charge >= 0.3 is 12.0 Å². The number of aliphatic carboxylic acids is 1. The summed E-state index contributed by atoms with van der Waals surface area (Å²) in [5.74, 6) is -0.508. The van der Waals surface area contributed by atoms with Crippen molar-refractivity contribution in [3.8, 4) is 5.75 Å². The van der Waals surface area contributed by atoms with Crippen LogP contribution < -0.4 is 20.3 Å². The molecule has 9 nitrogen and oxygen atoms in total. The number of carboxylic acids is 1. The minimum Gasteiger partial charge on any atom is -0.494 e. The number of benzene rings is 2. The number of methoxy groups -OCH3 is 1. The fraction of sp³-hybridized carbons (Fsp3) is 0.481. The Morgan fingerprint density at radius 2 is 1.83 bits per heavy atom. The molecule has 0 aromatic heterocycles.